The van der Waals surface area contributed by atoms with Crippen LogP contribution in [0.3, 0.4) is 0 Å². The van der Waals surface area contributed by atoms with Crippen LogP contribution in [0.4, 0.5) is 5.82 Å². The number of imidazole rings is 1. The second kappa shape index (κ2) is 2.89. The first-order valence-corrected chi connectivity index (χ1v) is 4.57. The van der Waals surface area contributed by atoms with Gasteiger partial charge in [-0.15, -0.1) is 0 Å². The smallest absolute Gasteiger partial charge is 0.156 e. The van der Waals surface area contributed by atoms with E-state index >= 15 is 0 Å². The molecule has 0 aliphatic heterocycles. The number of halogens is 1. The van der Waals surface area contributed by atoms with E-state index in [4.69, 9.17) is 0 Å². The number of hydrogen-bond donors (Lipinski definition) is 1. The molecular weight excluding hydrogens is 267 g/mol. The molecule has 0 saturated carbocycles. The van der Waals surface area contributed by atoms with Gasteiger partial charge >= 0.3 is 0 Å². The summed E-state index contributed by atoms with van der Waals surface area (Å²) in [4.78, 5) is 4.26. The molecule has 0 atom stereocenters. The Hall–Kier alpha value is -0.850. The van der Waals surface area contributed by atoms with Crippen LogP contribution in [0.2, 0.25) is 0 Å². The lowest BCUT2D eigenvalue weighted by Gasteiger charge is -1.90. The van der Waals surface area contributed by atoms with Crippen LogP contribution in [0, 0.1) is 3.70 Å². The minimum Gasteiger partial charge on any atom is -0.372 e. The van der Waals surface area contributed by atoms with Gasteiger partial charge in [0.2, 0.25) is 0 Å². The quantitative estimate of drug-likeness (QED) is 0.799. The number of rotatable bonds is 1. The third kappa shape index (κ3) is 1.24. The van der Waals surface area contributed by atoms with Crippen LogP contribution in [0.25, 0.3) is 5.65 Å². The summed E-state index contributed by atoms with van der Waals surface area (Å²) in [6.07, 6.45) is 1.86. The van der Waals surface area contributed by atoms with E-state index < -0.39 is 0 Å². The normalized spacial score (nSPS) is 10.5. The molecular formula is C7H7IN4. The van der Waals surface area contributed by atoms with Crippen LogP contribution in [0.5, 0.6) is 0 Å². The van der Waals surface area contributed by atoms with E-state index in [0.29, 0.717) is 0 Å². The summed E-state index contributed by atoms with van der Waals surface area (Å²) in [7, 11) is 1.84. The molecule has 0 amide bonds. The molecule has 62 valence electrons. The first-order valence-electron chi connectivity index (χ1n) is 3.49. The highest BCUT2D eigenvalue weighted by Crippen LogP contribution is 2.08. The third-order valence-electron chi connectivity index (χ3n) is 1.54. The van der Waals surface area contributed by atoms with Gasteiger partial charge in [0.05, 0.1) is 6.20 Å². The molecule has 0 radical (unpaired) electrons. The van der Waals surface area contributed by atoms with E-state index in [1.54, 1.807) is 4.52 Å². The molecule has 12 heavy (non-hydrogen) atoms. The van der Waals surface area contributed by atoms with Crippen LogP contribution in [0.1, 0.15) is 0 Å². The Balaban J connectivity index is 2.67. The second-order valence-corrected chi connectivity index (χ2v) is 3.44. The van der Waals surface area contributed by atoms with Gasteiger partial charge in [0.1, 0.15) is 9.52 Å². The first-order chi connectivity index (χ1) is 5.79. The van der Waals surface area contributed by atoms with Crippen molar-refractivity contribution in [1.29, 1.82) is 0 Å². The van der Waals surface area contributed by atoms with Crippen LogP contribution < -0.4 is 5.32 Å². The average Bonchev–Trinajstić information content (AvgIpc) is 2.46. The molecule has 2 aromatic rings. The lowest BCUT2D eigenvalue weighted by molar-refractivity contribution is 0.914. The standard InChI is InChI=1S/C7H7IN4/c1-9-6-4-12-7(10-6)3-2-5(8)11-12/h2-4,9H,1H3. The van der Waals surface area contributed by atoms with E-state index in [-0.39, 0.29) is 0 Å². The van der Waals surface area contributed by atoms with Crippen molar-refractivity contribution < 1.29 is 0 Å². The summed E-state index contributed by atoms with van der Waals surface area (Å²) < 4.78 is 2.72. The highest BCUT2D eigenvalue weighted by Gasteiger charge is 1.99. The Morgan fingerprint density at radius 3 is 3.08 bits per heavy atom. The lowest BCUT2D eigenvalue weighted by Crippen LogP contribution is -1.91. The topological polar surface area (TPSA) is 42.2 Å². The zero-order chi connectivity index (χ0) is 8.55. The fourth-order valence-electron chi connectivity index (χ4n) is 0.979. The highest BCUT2D eigenvalue weighted by molar-refractivity contribution is 14.1. The molecule has 2 rings (SSSR count). The largest absolute Gasteiger partial charge is 0.372 e. The zero-order valence-corrected chi connectivity index (χ0v) is 8.61. The predicted octanol–water partition coefficient (Wildman–Crippen LogP) is 1.38. The van der Waals surface area contributed by atoms with Crippen molar-refractivity contribution >= 4 is 34.1 Å². The van der Waals surface area contributed by atoms with E-state index in [1.807, 2.05) is 25.4 Å². The molecule has 0 fully saturated rings. The third-order valence-corrected chi connectivity index (χ3v) is 2.12. The van der Waals surface area contributed by atoms with E-state index in [0.717, 1.165) is 15.2 Å². The molecule has 0 bridgehead atoms. The van der Waals surface area contributed by atoms with Gasteiger partial charge in [-0.05, 0) is 34.7 Å². The molecule has 2 aromatic heterocycles. The van der Waals surface area contributed by atoms with Crippen molar-refractivity contribution in [2.45, 2.75) is 0 Å². The molecule has 5 heteroatoms. The highest BCUT2D eigenvalue weighted by atomic mass is 127. The van der Waals surface area contributed by atoms with Crippen molar-refractivity contribution in [2.75, 3.05) is 12.4 Å². The minimum atomic E-state index is 0.838. The summed E-state index contributed by atoms with van der Waals surface area (Å²) in [5.41, 5.74) is 0.861. The fourth-order valence-corrected chi connectivity index (χ4v) is 1.39. The maximum Gasteiger partial charge on any atom is 0.156 e. The minimum absolute atomic E-state index is 0.838. The van der Waals surface area contributed by atoms with Gasteiger partial charge in [0, 0.05) is 7.05 Å². The molecule has 0 aliphatic carbocycles. The van der Waals surface area contributed by atoms with Crippen molar-refractivity contribution in [3.05, 3.63) is 22.0 Å². The molecule has 0 aliphatic rings. The first kappa shape index (κ1) is 7.78. The Morgan fingerprint density at radius 2 is 2.33 bits per heavy atom. The van der Waals surface area contributed by atoms with E-state index in [1.165, 1.54) is 0 Å². The molecule has 0 unspecified atom stereocenters. The summed E-state index contributed by atoms with van der Waals surface area (Å²) in [6.45, 7) is 0. The van der Waals surface area contributed by atoms with Gasteiger partial charge in [0.25, 0.3) is 0 Å². The SMILES string of the molecule is CNc1cn2nc(I)ccc2n1. The molecule has 0 saturated heterocycles. The van der Waals surface area contributed by atoms with E-state index in [9.17, 15) is 0 Å². The monoisotopic (exact) mass is 274 g/mol. The van der Waals surface area contributed by atoms with Gasteiger partial charge in [-0.3, -0.25) is 0 Å². The molecule has 4 nitrogen and oxygen atoms in total. The van der Waals surface area contributed by atoms with Crippen molar-refractivity contribution in [3.8, 4) is 0 Å². The van der Waals surface area contributed by atoms with E-state index in [2.05, 4.69) is 38.0 Å². The molecule has 0 spiro atoms. The van der Waals surface area contributed by atoms with Gasteiger partial charge < -0.3 is 5.32 Å². The number of fused-ring (bicyclic) bond motifs is 1. The fraction of sp³-hybridized carbons (Fsp3) is 0.143. The number of nitrogens with zero attached hydrogens (tertiary/aromatic N) is 3. The summed E-state index contributed by atoms with van der Waals surface area (Å²) in [6, 6.07) is 3.87. The zero-order valence-electron chi connectivity index (χ0n) is 6.45. The van der Waals surface area contributed by atoms with Gasteiger partial charge in [-0.25, -0.2) is 9.50 Å². The molecule has 2 heterocycles. The number of nitrogens with one attached hydrogen (secondary N) is 1. The Morgan fingerprint density at radius 1 is 1.50 bits per heavy atom. The summed E-state index contributed by atoms with van der Waals surface area (Å²) >= 11 is 2.17. The Labute approximate surface area is 83.1 Å². The molecule has 1 N–H and O–H groups in total. The molecule has 0 aromatic carbocycles. The maximum absolute atomic E-state index is 4.26. The predicted molar refractivity (Wildman–Crippen MR) is 55.3 cm³/mol. The maximum atomic E-state index is 4.26. The second-order valence-electron chi connectivity index (χ2n) is 2.33. The van der Waals surface area contributed by atoms with Crippen LogP contribution in [-0.2, 0) is 0 Å². The van der Waals surface area contributed by atoms with Crippen LogP contribution in [0.15, 0.2) is 18.3 Å². The van der Waals surface area contributed by atoms with Crippen molar-refractivity contribution in [1.82, 2.24) is 14.6 Å². The number of aromatic nitrogens is 3. The van der Waals surface area contributed by atoms with Gasteiger partial charge in [0.15, 0.2) is 5.65 Å². The van der Waals surface area contributed by atoms with Crippen molar-refractivity contribution in [2.24, 2.45) is 0 Å². The summed E-state index contributed by atoms with van der Waals surface area (Å²) in [5.74, 6) is 0.838. The Kier molecular flexibility index (Phi) is 1.87. The summed E-state index contributed by atoms with van der Waals surface area (Å²) in [5, 5.41) is 7.21. The van der Waals surface area contributed by atoms with Gasteiger partial charge in [-0.1, -0.05) is 0 Å². The van der Waals surface area contributed by atoms with Crippen molar-refractivity contribution in [3.63, 3.8) is 0 Å². The van der Waals surface area contributed by atoms with Crippen LogP contribution in [-0.4, -0.2) is 21.6 Å². The van der Waals surface area contributed by atoms with Gasteiger partial charge in [-0.2, -0.15) is 5.10 Å². The Bertz CT molecular complexity index is 409. The van der Waals surface area contributed by atoms with Crippen LogP contribution >= 0.6 is 22.6 Å². The average molecular weight is 274 g/mol. The number of hydrogen-bond acceptors (Lipinski definition) is 3. The number of anilines is 1. The lowest BCUT2D eigenvalue weighted by atomic mass is 10.6.